The van der Waals surface area contributed by atoms with Crippen molar-refractivity contribution >= 4 is 34.2 Å². The Bertz CT molecular complexity index is 697. The number of nitrogens with one attached hydrogen (secondary N) is 2. The molecule has 0 aliphatic carbocycles. The van der Waals surface area contributed by atoms with Crippen LogP contribution >= 0.6 is 11.3 Å². The van der Waals surface area contributed by atoms with Gasteiger partial charge in [-0.2, -0.15) is 0 Å². The molecule has 0 spiro atoms. The first-order chi connectivity index (χ1) is 10.5. The monoisotopic (exact) mass is 319 g/mol. The van der Waals surface area contributed by atoms with Crippen molar-refractivity contribution in [2.24, 2.45) is 0 Å². The van der Waals surface area contributed by atoms with E-state index in [0.29, 0.717) is 16.4 Å². The van der Waals surface area contributed by atoms with Crippen LogP contribution in [-0.4, -0.2) is 22.1 Å². The summed E-state index contributed by atoms with van der Waals surface area (Å²) in [5.74, 6) is -0.910. The molecule has 0 bridgehead atoms. The lowest BCUT2D eigenvalue weighted by Crippen LogP contribution is -2.19. The molecule has 0 saturated carbocycles. The fourth-order valence-corrected chi connectivity index (χ4v) is 2.90. The fraction of sp³-hybridized carbons (Fsp3) is 0.267. The first-order valence-electron chi connectivity index (χ1n) is 6.83. The van der Waals surface area contributed by atoms with E-state index in [-0.39, 0.29) is 6.42 Å². The summed E-state index contributed by atoms with van der Waals surface area (Å²) in [4.78, 5) is 28.1. The molecule has 2 amide bonds. The summed E-state index contributed by atoms with van der Waals surface area (Å²) in [7, 11) is 0. The molecule has 0 aliphatic rings. The molecule has 0 fully saturated rings. The van der Waals surface area contributed by atoms with Crippen LogP contribution in [0.3, 0.4) is 0 Å². The zero-order valence-electron chi connectivity index (χ0n) is 12.3. The van der Waals surface area contributed by atoms with Crippen LogP contribution in [0.5, 0.6) is 0 Å². The number of hydrogen-bond donors (Lipinski definition) is 3. The number of amides is 2. The van der Waals surface area contributed by atoms with Crippen LogP contribution in [-0.2, 0) is 17.6 Å². The van der Waals surface area contributed by atoms with Gasteiger partial charge in [-0.25, -0.2) is 9.78 Å². The van der Waals surface area contributed by atoms with E-state index in [1.54, 1.807) is 24.3 Å². The van der Waals surface area contributed by atoms with Crippen LogP contribution in [0.15, 0.2) is 24.3 Å². The van der Waals surface area contributed by atoms with Gasteiger partial charge in [-0.3, -0.25) is 10.1 Å². The Balaban J connectivity index is 2.00. The van der Waals surface area contributed by atoms with Crippen LogP contribution in [0, 0.1) is 6.92 Å². The second kappa shape index (κ2) is 7.04. The van der Waals surface area contributed by atoms with E-state index < -0.39 is 12.0 Å². The number of carbonyl (C=O) groups excluding carboxylic acids is 1. The third kappa shape index (κ3) is 4.29. The number of carboxylic acids is 1. The number of hydrogen-bond acceptors (Lipinski definition) is 4. The Morgan fingerprint density at radius 1 is 1.32 bits per heavy atom. The highest BCUT2D eigenvalue weighted by Gasteiger charge is 2.10. The number of carboxylic acid groups (broad SMARTS) is 1. The quantitative estimate of drug-likeness (QED) is 0.788. The average molecular weight is 319 g/mol. The van der Waals surface area contributed by atoms with Crippen molar-refractivity contribution in [3.63, 3.8) is 0 Å². The molecule has 3 N–H and O–H groups in total. The van der Waals surface area contributed by atoms with Crippen molar-refractivity contribution in [2.75, 3.05) is 10.6 Å². The maximum atomic E-state index is 12.0. The summed E-state index contributed by atoms with van der Waals surface area (Å²) in [6.45, 7) is 3.98. The number of aryl methyl sites for hydroxylation is 2. The number of nitrogens with zero attached hydrogens (tertiary/aromatic N) is 1. The lowest BCUT2D eigenvalue weighted by atomic mass is 10.1. The lowest BCUT2D eigenvalue weighted by molar-refractivity contribution is -0.136. The Kier molecular flexibility index (Phi) is 5.11. The van der Waals surface area contributed by atoms with E-state index in [1.807, 2.05) is 13.8 Å². The molecule has 6 nitrogen and oxygen atoms in total. The molecule has 22 heavy (non-hydrogen) atoms. The van der Waals surface area contributed by atoms with E-state index >= 15 is 0 Å². The fourth-order valence-electron chi connectivity index (χ4n) is 2.00. The minimum Gasteiger partial charge on any atom is -0.481 e. The molecule has 116 valence electrons. The van der Waals surface area contributed by atoms with Crippen LogP contribution in [0.2, 0.25) is 0 Å². The highest BCUT2D eigenvalue weighted by Crippen LogP contribution is 2.22. The lowest BCUT2D eigenvalue weighted by Gasteiger charge is -2.06. The topological polar surface area (TPSA) is 91.3 Å². The van der Waals surface area contributed by atoms with Crippen LogP contribution in [0.1, 0.15) is 23.1 Å². The predicted octanol–water partition coefficient (Wildman–Crippen LogP) is 3.29. The normalized spacial score (nSPS) is 10.3. The van der Waals surface area contributed by atoms with Crippen LogP contribution in [0.4, 0.5) is 15.6 Å². The van der Waals surface area contributed by atoms with Crippen molar-refractivity contribution in [1.82, 2.24) is 4.98 Å². The predicted molar refractivity (Wildman–Crippen MR) is 86.7 cm³/mol. The average Bonchev–Trinajstić information content (AvgIpc) is 2.78. The van der Waals surface area contributed by atoms with Crippen molar-refractivity contribution in [3.05, 3.63) is 40.4 Å². The largest absolute Gasteiger partial charge is 0.481 e. The van der Waals surface area contributed by atoms with E-state index in [0.717, 1.165) is 17.0 Å². The molecule has 0 atom stereocenters. The van der Waals surface area contributed by atoms with Crippen molar-refractivity contribution in [3.8, 4) is 0 Å². The van der Waals surface area contributed by atoms with Gasteiger partial charge in [0.2, 0.25) is 0 Å². The minimum absolute atomic E-state index is 0.0807. The highest BCUT2D eigenvalue weighted by molar-refractivity contribution is 7.15. The number of thiazole rings is 1. The molecule has 1 heterocycles. The molecule has 0 unspecified atom stereocenters. The number of rotatable bonds is 5. The van der Waals surface area contributed by atoms with Gasteiger partial charge in [0.1, 0.15) is 0 Å². The first kappa shape index (κ1) is 16.0. The minimum atomic E-state index is -0.910. The van der Waals surface area contributed by atoms with Crippen LogP contribution in [0.25, 0.3) is 0 Å². The molecule has 2 rings (SSSR count). The Labute approximate surface area is 132 Å². The zero-order valence-corrected chi connectivity index (χ0v) is 13.2. The van der Waals surface area contributed by atoms with Gasteiger partial charge in [0.15, 0.2) is 5.13 Å². The maximum Gasteiger partial charge on any atom is 0.325 e. The van der Waals surface area contributed by atoms with Gasteiger partial charge < -0.3 is 10.4 Å². The van der Waals surface area contributed by atoms with Crippen molar-refractivity contribution < 1.29 is 14.7 Å². The van der Waals surface area contributed by atoms with Crippen molar-refractivity contribution in [2.45, 2.75) is 26.7 Å². The Morgan fingerprint density at radius 2 is 2.09 bits per heavy atom. The smallest absolute Gasteiger partial charge is 0.325 e. The summed E-state index contributed by atoms with van der Waals surface area (Å²) in [6, 6.07) is 6.35. The number of benzene rings is 1. The number of anilines is 2. The summed E-state index contributed by atoms with van der Waals surface area (Å²) in [6.07, 6.45) is 0.742. The van der Waals surface area contributed by atoms with Gasteiger partial charge in [-0.15, -0.1) is 11.3 Å². The molecule has 7 heteroatoms. The highest BCUT2D eigenvalue weighted by atomic mass is 32.1. The molecular weight excluding hydrogens is 302 g/mol. The number of aromatic nitrogens is 1. The van der Waals surface area contributed by atoms with Crippen molar-refractivity contribution in [1.29, 1.82) is 0 Å². The molecule has 0 saturated heterocycles. The summed E-state index contributed by atoms with van der Waals surface area (Å²) < 4.78 is 0. The summed E-state index contributed by atoms with van der Waals surface area (Å²) in [5, 5.41) is 14.7. The molecule has 1 aromatic heterocycles. The Morgan fingerprint density at radius 3 is 2.73 bits per heavy atom. The molecular formula is C15H17N3O3S. The molecule has 1 aromatic carbocycles. The van der Waals surface area contributed by atoms with E-state index in [9.17, 15) is 9.59 Å². The third-order valence-corrected chi connectivity index (χ3v) is 3.92. The van der Waals surface area contributed by atoms with E-state index in [1.165, 1.54) is 11.3 Å². The molecule has 2 aromatic rings. The van der Waals surface area contributed by atoms with E-state index in [4.69, 9.17) is 5.11 Å². The van der Waals surface area contributed by atoms with Gasteiger partial charge in [-0.05, 0) is 31.0 Å². The van der Waals surface area contributed by atoms with Gasteiger partial charge in [0.05, 0.1) is 12.1 Å². The number of carbonyl (C=O) groups is 2. The number of aliphatic carboxylic acids is 1. The zero-order chi connectivity index (χ0) is 16.1. The van der Waals surface area contributed by atoms with Gasteiger partial charge in [0, 0.05) is 10.6 Å². The second-order valence-electron chi connectivity index (χ2n) is 4.73. The van der Waals surface area contributed by atoms with Gasteiger partial charge in [-0.1, -0.05) is 19.1 Å². The van der Waals surface area contributed by atoms with Gasteiger partial charge in [0.25, 0.3) is 0 Å². The van der Waals surface area contributed by atoms with Gasteiger partial charge >= 0.3 is 12.0 Å². The Hall–Kier alpha value is -2.41. The summed E-state index contributed by atoms with van der Waals surface area (Å²) >= 11 is 1.43. The van der Waals surface area contributed by atoms with Crippen LogP contribution < -0.4 is 10.6 Å². The molecule has 0 aliphatic heterocycles. The number of urea groups is 1. The molecule has 0 radical (unpaired) electrons. The summed E-state index contributed by atoms with van der Waals surface area (Å²) in [5.41, 5.74) is 2.15. The first-order valence-corrected chi connectivity index (χ1v) is 7.64. The maximum absolute atomic E-state index is 12.0. The van der Waals surface area contributed by atoms with E-state index in [2.05, 4.69) is 15.6 Å². The standard InChI is InChI=1S/C15H17N3O3S/c1-3-12-9(2)22-15(17-12)18-14(21)16-11-6-4-5-10(7-11)8-13(19)20/h4-7H,3,8H2,1-2H3,(H,19,20)(H2,16,17,18,21). The third-order valence-electron chi connectivity index (χ3n) is 2.99. The SMILES string of the molecule is CCc1nc(NC(=O)Nc2cccc(CC(=O)O)c2)sc1C. The second-order valence-corrected chi connectivity index (χ2v) is 5.93.